The third-order valence-corrected chi connectivity index (χ3v) is 7.85. The van der Waals surface area contributed by atoms with Crippen LogP contribution in [0, 0.1) is 0 Å². The molecule has 170 valence electrons. The predicted molar refractivity (Wildman–Crippen MR) is 136 cm³/mol. The van der Waals surface area contributed by atoms with Crippen molar-refractivity contribution >= 4 is 34.7 Å². The summed E-state index contributed by atoms with van der Waals surface area (Å²) in [5, 5.41) is 3.20. The number of nitrogens with zero attached hydrogens (tertiary/aromatic N) is 1. The maximum atomic E-state index is 12.0. The first-order valence-electron chi connectivity index (χ1n) is 12.0. The molecule has 5 heteroatoms. The molecule has 3 aromatic carbocycles. The highest BCUT2D eigenvalue weighted by atomic mass is 31.2. The molecule has 1 fully saturated rings. The van der Waals surface area contributed by atoms with Crippen molar-refractivity contribution in [1.29, 1.82) is 0 Å². The summed E-state index contributed by atoms with van der Waals surface area (Å²) < 4.78 is 12.0. The lowest BCUT2D eigenvalue weighted by Crippen LogP contribution is -2.09. The van der Waals surface area contributed by atoms with Gasteiger partial charge in [0.1, 0.15) is 0 Å². The Hall–Kier alpha value is -2.52. The Kier molecular flexibility index (Phi) is 6.34. The Morgan fingerprint density at radius 2 is 1.42 bits per heavy atom. The van der Waals surface area contributed by atoms with Crippen LogP contribution < -0.4 is 5.44 Å². The zero-order chi connectivity index (χ0) is 22.8. The number of pyridine rings is 1. The molecule has 4 aromatic rings. The Morgan fingerprint density at radius 1 is 0.727 bits per heavy atom. The second-order valence-electron chi connectivity index (χ2n) is 9.28. The van der Waals surface area contributed by atoms with Gasteiger partial charge in [0.05, 0.1) is 5.52 Å². The summed E-state index contributed by atoms with van der Waals surface area (Å²) in [5.74, 6) is 0.502. The van der Waals surface area contributed by atoms with Crippen molar-refractivity contribution in [2.75, 3.05) is 0 Å². The van der Waals surface area contributed by atoms with Gasteiger partial charge < -0.3 is 9.79 Å². The molecule has 0 radical (unpaired) electrons. The molecule has 0 bridgehead atoms. The molecule has 1 aromatic heterocycles. The molecule has 33 heavy (non-hydrogen) atoms. The summed E-state index contributed by atoms with van der Waals surface area (Å²) in [4.78, 5) is 24.0. The molecule has 0 atom stereocenters. The molecule has 0 spiro atoms. The number of hydrogen-bond acceptors (Lipinski definition) is 2. The zero-order valence-corrected chi connectivity index (χ0v) is 19.7. The van der Waals surface area contributed by atoms with Crippen molar-refractivity contribution in [3.63, 3.8) is 0 Å². The highest BCUT2D eigenvalue weighted by Crippen LogP contribution is 2.40. The van der Waals surface area contributed by atoms with Crippen molar-refractivity contribution in [1.82, 2.24) is 4.98 Å². The predicted octanol–water partition coefficient (Wildman–Crippen LogP) is 7.08. The number of rotatable bonds is 3. The van der Waals surface area contributed by atoms with E-state index in [1.54, 1.807) is 0 Å². The fourth-order valence-electron chi connectivity index (χ4n) is 5.28. The minimum atomic E-state index is -4.45. The summed E-state index contributed by atoms with van der Waals surface area (Å²) in [7, 11) is -4.45. The third-order valence-electron chi connectivity index (χ3n) is 7.00. The van der Waals surface area contributed by atoms with Crippen LogP contribution in [0.5, 0.6) is 0 Å². The Labute approximate surface area is 194 Å². The first-order valence-corrected chi connectivity index (χ1v) is 13.6. The van der Waals surface area contributed by atoms with Crippen LogP contribution in [0.4, 0.5) is 0 Å². The maximum absolute atomic E-state index is 12.0. The first kappa shape index (κ1) is 22.3. The number of benzene rings is 3. The normalized spacial score (nSPS) is 16.4. The van der Waals surface area contributed by atoms with E-state index in [1.165, 1.54) is 63.0 Å². The van der Waals surface area contributed by atoms with Crippen LogP contribution in [-0.2, 0) is 4.57 Å². The average Bonchev–Trinajstić information content (AvgIpc) is 2.96. The van der Waals surface area contributed by atoms with Gasteiger partial charge in [-0.3, -0.25) is 4.57 Å². The van der Waals surface area contributed by atoms with E-state index in [0.717, 1.165) is 27.3 Å². The highest BCUT2D eigenvalue weighted by molar-refractivity contribution is 7.60. The molecule has 0 aliphatic heterocycles. The van der Waals surface area contributed by atoms with Crippen LogP contribution in [-0.4, -0.2) is 14.8 Å². The van der Waals surface area contributed by atoms with Gasteiger partial charge in [-0.2, -0.15) is 0 Å². The molecule has 1 aliphatic rings. The van der Waals surface area contributed by atoms with Crippen molar-refractivity contribution in [3.8, 4) is 11.1 Å². The Morgan fingerprint density at radius 3 is 2.18 bits per heavy atom. The number of hydrogen-bond donors (Lipinski definition) is 2. The highest BCUT2D eigenvalue weighted by Gasteiger charge is 2.22. The SMILES string of the molecule is O=P(O)(O)c1ccc2cc(C3CCCCCCCC3)cc(-c3cccc4ccccc34)c2n1. The van der Waals surface area contributed by atoms with E-state index in [2.05, 4.69) is 41.4 Å². The van der Waals surface area contributed by atoms with Crippen LogP contribution in [0.3, 0.4) is 0 Å². The summed E-state index contributed by atoms with van der Waals surface area (Å²) in [6, 6.07) is 22.2. The molecule has 5 rings (SSSR count). The molecule has 0 unspecified atom stereocenters. The molecule has 2 N–H and O–H groups in total. The molecular formula is C28H30NO3P. The molecular weight excluding hydrogens is 429 g/mol. The fraction of sp³-hybridized carbons (Fsp3) is 0.321. The first-order chi connectivity index (χ1) is 16.0. The lowest BCUT2D eigenvalue weighted by Gasteiger charge is -2.20. The maximum Gasteiger partial charge on any atom is 0.374 e. The van der Waals surface area contributed by atoms with Crippen LogP contribution in [0.2, 0.25) is 0 Å². The van der Waals surface area contributed by atoms with Gasteiger partial charge in [-0.1, -0.05) is 87.1 Å². The minimum Gasteiger partial charge on any atom is -0.320 e. The summed E-state index contributed by atoms with van der Waals surface area (Å²) in [5.41, 5.74) is 3.80. The van der Waals surface area contributed by atoms with Crippen molar-refractivity contribution in [3.05, 3.63) is 72.3 Å². The van der Waals surface area contributed by atoms with Crippen LogP contribution in [0.15, 0.2) is 66.7 Å². The lowest BCUT2D eigenvalue weighted by molar-refractivity contribution is 0.386. The quantitative estimate of drug-likeness (QED) is 0.321. The van der Waals surface area contributed by atoms with Gasteiger partial charge >= 0.3 is 7.60 Å². The van der Waals surface area contributed by atoms with Crippen molar-refractivity contribution in [2.24, 2.45) is 0 Å². The Balaban J connectivity index is 1.74. The molecule has 0 amide bonds. The smallest absolute Gasteiger partial charge is 0.320 e. The largest absolute Gasteiger partial charge is 0.374 e. The standard InChI is InChI=1S/C28H30NO3P/c30-33(31,32)27-17-16-22-18-23(20-10-5-3-1-2-4-6-11-20)19-26(28(22)29-27)25-15-9-13-21-12-7-8-14-24(21)25/h7-9,12-20H,1-6,10-11H2,(H2,30,31,32). The minimum absolute atomic E-state index is 0.174. The van der Waals surface area contributed by atoms with Gasteiger partial charge in [-0.15, -0.1) is 0 Å². The third kappa shape index (κ3) is 4.75. The molecule has 1 aliphatic carbocycles. The van der Waals surface area contributed by atoms with Gasteiger partial charge in [0.15, 0.2) is 5.44 Å². The second-order valence-corrected chi connectivity index (χ2v) is 10.8. The van der Waals surface area contributed by atoms with Crippen LogP contribution in [0.25, 0.3) is 32.8 Å². The zero-order valence-electron chi connectivity index (χ0n) is 18.8. The van der Waals surface area contributed by atoms with Gasteiger partial charge in [-0.05, 0) is 58.9 Å². The molecule has 1 saturated carbocycles. The number of aromatic nitrogens is 1. The van der Waals surface area contributed by atoms with Gasteiger partial charge in [0.25, 0.3) is 0 Å². The molecule has 4 nitrogen and oxygen atoms in total. The van der Waals surface area contributed by atoms with E-state index >= 15 is 0 Å². The Bertz CT molecular complexity index is 1330. The molecule has 1 heterocycles. The summed E-state index contributed by atoms with van der Waals surface area (Å²) in [6.45, 7) is 0. The fourth-order valence-corrected chi connectivity index (χ4v) is 5.78. The van der Waals surface area contributed by atoms with E-state index < -0.39 is 7.60 Å². The lowest BCUT2D eigenvalue weighted by atomic mass is 9.86. The average molecular weight is 460 g/mol. The van der Waals surface area contributed by atoms with E-state index in [9.17, 15) is 14.4 Å². The van der Waals surface area contributed by atoms with E-state index in [-0.39, 0.29) is 5.44 Å². The van der Waals surface area contributed by atoms with Gasteiger partial charge in [0, 0.05) is 10.9 Å². The number of fused-ring (bicyclic) bond motifs is 2. The molecule has 0 saturated heterocycles. The van der Waals surface area contributed by atoms with E-state index in [0.29, 0.717) is 11.4 Å². The second kappa shape index (κ2) is 9.38. The van der Waals surface area contributed by atoms with Crippen LogP contribution in [0.1, 0.15) is 62.8 Å². The van der Waals surface area contributed by atoms with Gasteiger partial charge in [-0.25, -0.2) is 4.98 Å². The topological polar surface area (TPSA) is 70.4 Å². The van der Waals surface area contributed by atoms with E-state index in [4.69, 9.17) is 0 Å². The summed E-state index contributed by atoms with van der Waals surface area (Å²) in [6.07, 6.45) is 10.1. The van der Waals surface area contributed by atoms with E-state index in [1.807, 2.05) is 24.3 Å². The van der Waals surface area contributed by atoms with Crippen molar-refractivity contribution in [2.45, 2.75) is 57.3 Å². The monoisotopic (exact) mass is 459 g/mol. The van der Waals surface area contributed by atoms with Crippen LogP contribution >= 0.6 is 7.60 Å². The summed E-state index contributed by atoms with van der Waals surface area (Å²) >= 11 is 0. The van der Waals surface area contributed by atoms with Crippen molar-refractivity contribution < 1.29 is 14.4 Å². The van der Waals surface area contributed by atoms with Gasteiger partial charge in [0.2, 0.25) is 0 Å².